The van der Waals surface area contributed by atoms with Gasteiger partial charge in [0.05, 0.1) is 23.0 Å². The summed E-state index contributed by atoms with van der Waals surface area (Å²) in [5.74, 6) is -2.23. The first kappa shape index (κ1) is 25.7. The van der Waals surface area contributed by atoms with Crippen molar-refractivity contribution in [2.75, 3.05) is 33.3 Å². The standard InChI is InChI=1S/C28H34N6O5/c1-3-27-12-8-14-31(2)24(36)21(27)22-25(37)33(16-6-7-17-35)23-26(38)32(15-9-13-28(22,23)39-27)18-34-20-11-5-4-10-19(20)29-30-34/h4-5,8-13,21-23,35H,3,6-7,14-18H2,1-2H3/t21-,22+,23?,27+,28+/m1/s1. The van der Waals surface area contributed by atoms with Gasteiger partial charge >= 0.3 is 0 Å². The van der Waals surface area contributed by atoms with Crippen LogP contribution in [0.1, 0.15) is 26.2 Å². The van der Waals surface area contributed by atoms with Crippen LogP contribution in [0.25, 0.3) is 11.0 Å². The molecule has 3 amide bonds. The first-order valence-corrected chi connectivity index (χ1v) is 13.7. The number of ether oxygens (including phenoxy) is 1. The van der Waals surface area contributed by atoms with E-state index in [1.54, 1.807) is 26.4 Å². The summed E-state index contributed by atoms with van der Waals surface area (Å²) >= 11 is 0. The minimum absolute atomic E-state index is 0.00718. The average Bonchev–Trinajstić information content (AvgIpc) is 3.48. The molecule has 4 aliphatic heterocycles. The van der Waals surface area contributed by atoms with Crippen molar-refractivity contribution >= 4 is 28.8 Å². The zero-order chi connectivity index (χ0) is 27.4. The number of para-hydroxylation sites is 1. The molecule has 0 bridgehead atoms. The summed E-state index contributed by atoms with van der Waals surface area (Å²) in [5.41, 5.74) is -0.742. The Labute approximate surface area is 226 Å². The lowest BCUT2D eigenvalue weighted by molar-refractivity contribution is -0.154. The van der Waals surface area contributed by atoms with Crippen molar-refractivity contribution in [1.29, 1.82) is 0 Å². The second-order valence-electron chi connectivity index (χ2n) is 10.9. The summed E-state index contributed by atoms with van der Waals surface area (Å²) in [5, 5.41) is 17.9. The number of aliphatic hydroxyl groups excluding tert-OH is 1. The number of likely N-dealkylation sites (N-methyl/N-ethyl adjacent to an activating group) is 1. The molecule has 0 aliphatic carbocycles. The first-order chi connectivity index (χ1) is 18.9. The van der Waals surface area contributed by atoms with Crippen molar-refractivity contribution in [2.24, 2.45) is 11.8 Å². The van der Waals surface area contributed by atoms with Gasteiger partial charge < -0.3 is 24.5 Å². The fraction of sp³-hybridized carbons (Fsp3) is 0.536. The number of carbonyl (C=O) groups excluding carboxylic acids is 3. The van der Waals surface area contributed by atoms with E-state index in [4.69, 9.17) is 4.74 Å². The first-order valence-electron chi connectivity index (χ1n) is 13.7. The Hall–Kier alpha value is -3.57. The highest BCUT2D eigenvalue weighted by Crippen LogP contribution is 2.58. The molecule has 1 N–H and O–H groups in total. The number of likely N-dealkylation sites (tertiary alicyclic amines) is 1. The predicted molar refractivity (Wildman–Crippen MR) is 141 cm³/mol. The fourth-order valence-corrected chi connectivity index (χ4v) is 6.87. The van der Waals surface area contributed by atoms with E-state index in [0.29, 0.717) is 32.4 Å². The Kier molecular flexibility index (Phi) is 6.30. The highest BCUT2D eigenvalue weighted by molar-refractivity contribution is 6.00. The number of nitrogens with zero attached hydrogens (tertiary/aromatic N) is 6. The van der Waals surface area contributed by atoms with Crippen LogP contribution >= 0.6 is 0 Å². The van der Waals surface area contributed by atoms with Crippen LogP contribution in [-0.2, 0) is 25.8 Å². The number of fused-ring (bicyclic) bond motifs is 3. The molecule has 1 aromatic carbocycles. The largest absolute Gasteiger partial charge is 0.396 e. The van der Waals surface area contributed by atoms with Crippen LogP contribution in [0.5, 0.6) is 0 Å². The Balaban J connectivity index is 1.43. The molecule has 0 radical (unpaired) electrons. The van der Waals surface area contributed by atoms with Gasteiger partial charge in [-0.15, -0.1) is 5.10 Å². The van der Waals surface area contributed by atoms with Crippen LogP contribution in [0.3, 0.4) is 0 Å². The maximum absolute atomic E-state index is 14.4. The monoisotopic (exact) mass is 534 g/mol. The molecule has 1 unspecified atom stereocenters. The molecular weight excluding hydrogens is 500 g/mol. The highest BCUT2D eigenvalue weighted by atomic mass is 16.5. The lowest BCUT2D eigenvalue weighted by Crippen LogP contribution is -2.56. The summed E-state index contributed by atoms with van der Waals surface area (Å²) in [6.45, 7) is 3.13. The van der Waals surface area contributed by atoms with Crippen LogP contribution < -0.4 is 0 Å². The van der Waals surface area contributed by atoms with Crippen molar-refractivity contribution in [1.82, 2.24) is 29.7 Å². The lowest BCUT2D eigenvalue weighted by atomic mass is 9.73. The lowest BCUT2D eigenvalue weighted by Gasteiger charge is -2.38. The molecule has 11 nitrogen and oxygen atoms in total. The van der Waals surface area contributed by atoms with Gasteiger partial charge in [0.25, 0.3) is 5.91 Å². The van der Waals surface area contributed by atoms with Gasteiger partial charge in [0.15, 0.2) is 0 Å². The fourth-order valence-electron chi connectivity index (χ4n) is 6.87. The minimum atomic E-state index is -1.29. The van der Waals surface area contributed by atoms with Crippen molar-refractivity contribution in [3.05, 3.63) is 48.6 Å². The number of hydrogen-bond donors (Lipinski definition) is 1. The maximum Gasteiger partial charge on any atom is 0.250 e. The third kappa shape index (κ3) is 3.74. The second-order valence-corrected chi connectivity index (χ2v) is 10.9. The third-order valence-electron chi connectivity index (χ3n) is 8.76. The van der Waals surface area contributed by atoms with E-state index in [1.165, 1.54) is 0 Å². The quantitative estimate of drug-likeness (QED) is 0.415. The Morgan fingerprint density at radius 2 is 1.82 bits per heavy atom. The van der Waals surface area contributed by atoms with Gasteiger partial charge in [-0.1, -0.05) is 48.6 Å². The van der Waals surface area contributed by atoms with Gasteiger partial charge in [-0.05, 0) is 31.4 Å². The van der Waals surface area contributed by atoms with E-state index in [0.717, 1.165) is 11.0 Å². The molecule has 5 atom stereocenters. The van der Waals surface area contributed by atoms with Crippen molar-refractivity contribution < 1.29 is 24.2 Å². The average molecular weight is 535 g/mol. The van der Waals surface area contributed by atoms with E-state index < -0.39 is 29.1 Å². The summed E-state index contributed by atoms with van der Waals surface area (Å²) in [4.78, 5) is 47.3. The smallest absolute Gasteiger partial charge is 0.250 e. The molecule has 5 heterocycles. The number of unbranched alkanes of at least 4 members (excludes halogenated alkanes) is 1. The summed E-state index contributed by atoms with van der Waals surface area (Å²) in [6, 6.07) is 6.61. The number of amides is 3. The molecule has 2 fully saturated rings. The van der Waals surface area contributed by atoms with Crippen molar-refractivity contribution in [3.8, 4) is 0 Å². The SMILES string of the molecule is CC[C@]12C=CCN(C)C(=O)[C@H]1[C@H]1C(=O)N(CCCCO)C3C(=O)N(Cn4nnc5ccccc54)CC=C[C@@]31O2. The van der Waals surface area contributed by atoms with Gasteiger partial charge in [0, 0.05) is 33.3 Å². The summed E-state index contributed by atoms with van der Waals surface area (Å²) in [6.07, 6.45) is 9.10. The van der Waals surface area contributed by atoms with Crippen LogP contribution in [-0.4, -0.2) is 103 Å². The van der Waals surface area contributed by atoms with E-state index in [2.05, 4.69) is 10.3 Å². The van der Waals surface area contributed by atoms with Gasteiger partial charge in [0.1, 0.15) is 23.8 Å². The second kappa shape index (κ2) is 9.56. The molecule has 0 saturated carbocycles. The number of aromatic nitrogens is 3. The van der Waals surface area contributed by atoms with E-state index in [1.807, 2.05) is 55.5 Å². The van der Waals surface area contributed by atoms with Crippen LogP contribution in [0, 0.1) is 11.8 Å². The van der Waals surface area contributed by atoms with E-state index >= 15 is 0 Å². The predicted octanol–water partition coefficient (Wildman–Crippen LogP) is 0.949. The van der Waals surface area contributed by atoms with Crippen molar-refractivity contribution in [2.45, 2.75) is 50.1 Å². The number of hydrogen-bond acceptors (Lipinski definition) is 7. The molecule has 39 heavy (non-hydrogen) atoms. The van der Waals surface area contributed by atoms with Gasteiger partial charge in [-0.3, -0.25) is 14.4 Å². The third-order valence-corrected chi connectivity index (χ3v) is 8.76. The summed E-state index contributed by atoms with van der Waals surface area (Å²) in [7, 11) is 1.73. The van der Waals surface area contributed by atoms with E-state index in [9.17, 15) is 19.5 Å². The number of benzene rings is 1. The van der Waals surface area contributed by atoms with E-state index in [-0.39, 0.29) is 37.5 Å². The Bertz CT molecular complexity index is 1370. The Morgan fingerprint density at radius 3 is 2.62 bits per heavy atom. The molecule has 2 saturated heterocycles. The van der Waals surface area contributed by atoms with Crippen LogP contribution in [0.15, 0.2) is 48.6 Å². The number of rotatable bonds is 7. The molecule has 1 spiro atoms. The molecule has 1 aromatic heterocycles. The van der Waals surface area contributed by atoms with Gasteiger partial charge in [-0.2, -0.15) is 0 Å². The normalized spacial score (nSPS) is 32.0. The zero-order valence-corrected chi connectivity index (χ0v) is 22.3. The zero-order valence-electron chi connectivity index (χ0n) is 22.3. The number of aliphatic hydroxyl groups is 1. The molecule has 4 aliphatic rings. The van der Waals surface area contributed by atoms with Crippen LogP contribution in [0.4, 0.5) is 0 Å². The van der Waals surface area contributed by atoms with Gasteiger partial charge in [0.2, 0.25) is 11.8 Å². The molecule has 206 valence electrons. The van der Waals surface area contributed by atoms with Crippen molar-refractivity contribution in [3.63, 3.8) is 0 Å². The molecule has 2 aromatic rings. The molecule has 6 rings (SSSR count). The van der Waals surface area contributed by atoms with Crippen LogP contribution in [0.2, 0.25) is 0 Å². The van der Waals surface area contributed by atoms with Gasteiger partial charge in [-0.25, -0.2) is 4.68 Å². The topological polar surface area (TPSA) is 121 Å². The maximum atomic E-state index is 14.4. The highest BCUT2D eigenvalue weighted by Gasteiger charge is 2.75. The summed E-state index contributed by atoms with van der Waals surface area (Å²) < 4.78 is 8.59. The molecular formula is C28H34N6O5. The Morgan fingerprint density at radius 1 is 1.03 bits per heavy atom. The minimum Gasteiger partial charge on any atom is -0.396 e. The number of carbonyl (C=O) groups is 3. The molecule has 11 heteroatoms.